The van der Waals surface area contributed by atoms with Crippen LogP contribution in [0.1, 0.15) is 17.3 Å². The topological polar surface area (TPSA) is 77.2 Å². The summed E-state index contributed by atoms with van der Waals surface area (Å²) in [6, 6.07) is 16.7. The molecule has 7 heteroatoms. The largest absolute Gasteiger partial charge is 0.494 e. The third-order valence-electron chi connectivity index (χ3n) is 4.14. The Hall–Kier alpha value is -3.19. The molecule has 28 heavy (non-hydrogen) atoms. The van der Waals surface area contributed by atoms with Crippen LogP contribution in [0.3, 0.4) is 0 Å². The van der Waals surface area contributed by atoms with Crippen molar-refractivity contribution in [3.63, 3.8) is 0 Å². The smallest absolute Gasteiger partial charge is 0.257 e. The van der Waals surface area contributed by atoms with E-state index in [0.717, 1.165) is 21.2 Å². The van der Waals surface area contributed by atoms with Crippen molar-refractivity contribution in [2.45, 2.75) is 6.92 Å². The summed E-state index contributed by atoms with van der Waals surface area (Å²) in [7, 11) is 0. The number of anilines is 1. The van der Waals surface area contributed by atoms with Gasteiger partial charge in [-0.3, -0.25) is 4.79 Å². The van der Waals surface area contributed by atoms with Gasteiger partial charge in [-0.25, -0.2) is 4.98 Å². The Balaban J connectivity index is 1.83. The van der Waals surface area contributed by atoms with E-state index < -0.39 is 0 Å². The molecule has 0 unspecified atom stereocenters. The predicted molar refractivity (Wildman–Crippen MR) is 111 cm³/mol. The lowest BCUT2D eigenvalue weighted by atomic mass is 10.0. The standard InChI is InChI=1S/C21H16BrN3O3/c1-2-27-15-5-3-4-13(10-15)19-12-17(21(26)24-20-8-9-28-25-20)16-11-14(22)6-7-18(16)23-19/h3-12H,2H2,1H3,(H,24,25,26). The molecule has 0 atom stereocenters. The fourth-order valence-corrected chi connectivity index (χ4v) is 3.27. The van der Waals surface area contributed by atoms with Gasteiger partial charge in [-0.2, -0.15) is 0 Å². The summed E-state index contributed by atoms with van der Waals surface area (Å²) >= 11 is 3.46. The molecule has 0 radical (unpaired) electrons. The van der Waals surface area contributed by atoms with Gasteiger partial charge in [-0.1, -0.05) is 33.2 Å². The molecule has 1 N–H and O–H groups in total. The molecule has 0 bridgehead atoms. The molecule has 6 nitrogen and oxygen atoms in total. The number of aromatic nitrogens is 2. The lowest BCUT2D eigenvalue weighted by Crippen LogP contribution is -2.13. The summed E-state index contributed by atoms with van der Waals surface area (Å²) < 4.78 is 11.2. The van der Waals surface area contributed by atoms with Crippen LogP contribution >= 0.6 is 15.9 Å². The van der Waals surface area contributed by atoms with Crippen LogP contribution in [0.15, 0.2) is 69.9 Å². The number of nitrogens with zero attached hydrogens (tertiary/aromatic N) is 2. The number of benzene rings is 2. The zero-order valence-electron chi connectivity index (χ0n) is 15.0. The summed E-state index contributed by atoms with van der Waals surface area (Å²) in [6.07, 6.45) is 1.40. The second kappa shape index (κ2) is 7.82. The van der Waals surface area contributed by atoms with Crippen molar-refractivity contribution in [3.05, 3.63) is 70.9 Å². The second-order valence-electron chi connectivity index (χ2n) is 6.02. The zero-order valence-corrected chi connectivity index (χ0v) is 16.6. The van der Waals surface area contributed by atoms with Crippen LogP contribution in [0.5, 0.6) is 5.75 Å². The monoisotopic (exact) mass is 437 g/mol. The highest BCUT2D eigenvalue weighted by molar-refractivity contribution is 9.10. The van der Waals surface area contributed by atoms with Crippen LogP contribution < -0.4 is 10.1 Å². The molecule has 2 heterocycles. The molecule has 2 aromatic heterocycles. The van der Waals surface area contributed by atoms with Gasteiger partial charge in [0, 0.05) is 21.5 Å². The normalized spacial score (nSPS) is 10.8. The lowest BCUT2D eigenvalue weighted by molar-refractivity contribution is 0.102. The first-order valence-electron chi connectivity index (χ1n) is 8.69. The average molecular weight is 438 g/mol. The van der Waals surface area contributed by atoms with E-state index in [1.165, 1.54) is 6.26 Å². The Morgan fingerprint density at radius 3 is 2.86 bits per heavy atom. The minimum Gasteiger partial charge on any atom is -0.494 e. The fraction of sp³-hybridized carbons (Fsp3) is 0.0952. The number of carbonyl (C=O) groups excluding carboxylic acids is 1. The molecule has 0 aliphatic carbocycles. The van der Waals surface area contributed by atoms with Crippen molar-refractivity contribution in [1.82, 2.24) is 10.1 Å². The number of nitrogens with one attached hydrogen (secondary N) is 1. The molecule has 0 aliphatic rings. The van der Waals surface area contributed by atoms with Crippen LogP contribution in [-0.4, -0.2) is 22.7 Å². The van der Waals surface area contributed by atoms with Crippen LogP contribution in [-0.2, 0) is 0 Å². The third-order valence-corrected chi connectivity index (χ3v) is 4.63. The van der Waals surface area contributed by atoms with E-state index in [-0.39, 0.29) is 5.91 Å². The number of hydrogen-bond acceptors (Lipinski definition) is 5. The van der Waals surface area contributed by atoms with Crippen molar-refractivity contribution in [3.8, 4) is 17.0 Å². The predicted octanol–water partition coefficient (Wildman–Crippen LogP) is 5.30. The number of ether oxygens (including phenoxy) is 1. The van der Waals surface area contributed by atoms with Gasteiger partial charge in [0.15, 0.2) is 5.82 Å². The van der Waals surface area contributed by atoms with Gasteiger partial charge in [-0.15, -0.1) is 0 Å². The van der Waals surface area contributed by atoms with Gasteiger partial charge >= 0.3 is 0 Å². The Morgan fingerprint density at radius 1 is 1.18 bits per heavy atom. The van der Waals surface area contributed by atoms with E-state index in [2.05, 4.69) is 26.4 Å². The molecule has 4 rings (SSSR count). The second-order valence-corrected chi connectivity index (χ2v) is 6.93. The number of fused-ring (bicyclic) bond motifs is 1. The van der Waals surface area contributed by atoms with Crippen molar-refractivity contribution in [2.75, 3.05) is 11.9 Å². The van der Waals surface area contributed by atoms with Crippen molar-refractivity contribution in [1.29, 1.82) is 0 Å². The summed E-state index contributed by atoms with van der Waals surface area (Å²) in [5, 5.41) is 7.23. The van der Waals surface area contributed by atoms with Gasteiger partial charge in [0.1, 0.15) is 12.0 Å². The molecule has 0 fully saturated rings. The summed E-state index contributed by atoms with van der Waals surface area (Å²) in [6.45, 7) is 2.51. The highest BCUT2D eigenvalue weighted by atomic mass is 79.9. The first-order chi connectivity index (χ1) is 13.6. The molecule has 1 amide bonds. The van der Waals surface area contributed by atoms with E-state index in [0.29, 0.717) is 29.2 Å². The molecule has 0 saturated heterocycles. The summed E-state index contributed by atoms with van der Waals surface area (Å²) in [4.78, 5) is 17.7. The molecular weight excluding hydrogens is 422 g/mol. The number of halogens is 1. The van der Waals surface area contributed by atoms with Crippen molar-refractivity contribution >= 4 is 38.6 Å². The summed E-state index contributed by atoms with van der Waals surface area (Å²) in [5.74, 6) is 0.817. The first-order valence-corrected chi connectivity index (χ1v) is 9.48. The molecule has 140 valence electrons. The van der Waals surface area contributed by atoms with Gasteiger partial charge in [0.25, 0.3) is 5.91 Å². The van der Waals surface area contributed by atoms with E-state index in [1.54, 1.807) is 12.1 Å². The minimum atomic E-state index is -0.290. The third kappa shape index (κ3) is 3.75. The van der Waals surface area contributed by atoms with Crippen LogP contribution in [0.4, 0.5) is 5.82 Å². The maximum absolute atomic E-state index is 12.9. The van der Waals surface area contributed by atoms with E-state index in [9.17, 15) is 4.79 Å². The number of amides is 1. The number of hydrogen-bond donors (Lipinski definition) is 1. The Labute approximate surface area is 169 Å². The highest BCUT2D eigenvalue weighted by Gasteiger charge is 2.16. The van der Waals surface area contributed by atoms with E-state index in [1.807, 2.05) is 49.4 Å². The molecule has 2 aromatic carbocycles. The first kappa shape index (κ1) is 18.2. The number of rotatable bonds is 5. The number of carbonyl (C=O) groups is 1. The summed E-state index contributed by atoms with van der Waals surface area (Å²) in [5.41, 5.74) is 2.76. The SMILES string of the molecule is CCOc1cccc(-c2cc(C(=O)Nc3ccon3)c3cc(Br)ccc3n2)c1. The zero-order chi connectivity index (χ0) is 19.5. The minimum absolute atomic E-state index is 0.290. The van der Waals surface area contributed by atoms with E-state index >= 15 is 0 Å². The van der Waals surface area contributed by atoms with Crippen molar-refractivity contribution < 1.29 is 14.1 Å². The Kier molecular flexibility index (Phi) is 5.08. The number of pyridine rings is 1. The van der Waals surface area contributed by atoms with E-state index in [4.69, 9.17) is 14.2 Å². The maximum atomic E-state index is 12.9. The molecule has 0 saturated carbocycles. The molecular formula is C21H16BrN3O3. The van der Waals surface area contributed by atoms with Gasteiger partial charge in [0.05, 0.1) is 23.4 Å². The average Bonchev–Trinajstić information content (AvgIpc) is 3.20. The van der Waals surface area contributed by atoms with Crippen LogP contribution in [0.25, 0.3) is 22.2 Å². The highest BCUT2D eigenvalue weighted by Crippen LogP contribution is 2.29. The molecule has 0 aliphatic heterocycles. The maximum Gasteiger partial charge on any atom is 0.257 e. The van der Waals surface area contributed by atoms with Gasteiger partial charge < -0.3 is 14.6 Å². The van der Waals surface area contributed by atoms with Crippen LogP contribution in [0.2, 0.25) is 0 Å². The quantitative estimate of drug-likeness (QED) is 0.458. The fourth-order valence-electron chi connectivity index (χ4n) is 2.91. The van der Waals surface area contributed by atoms with Gasteiger partial charge in [-0.05, 0) is 43.3 Å². The Bertz CT molecular complexity index is 1140. The molecule has 4 aromatic rings. The lowest BCUT2D eigenvalue weighted by Gasteiger charge is -2.11. The van der Waals surface area contributed by atoms with Crippen LogP contribution in [0, 0.1) is 0 Å². The van der Waals surface area contributed by atoms with Gasteiger partial charge in [0.2, 0.25) is 0 Å². The molecule has 0 spiro atoms. The Morgan fingerprint density at radius 2 is 2.07 bits per heavy atom. The van der Waals surface area contributed by atoms with Crippen molar-refractivity contribution in [2.24, 2.45) is 0 Å².